The monoisotopic (exact) mass is 276 g/mol. The van der Waals surface area contributed by atoms with Gasteiger partial charge in [0.05, 0.1) is 13.2 Å². The predicted octanol–water partition coefficient (Wildman–Crippen LogP) is 1.94. The Hall–Kier alpha value is -1.36. The average molecular weight is 276 g/mol. The second kappa shape index (κ2) is 5.56. The molecule has 3 rings (SSSR count). The molecule has 0 saturated carbocycles. The van der Waals surface area contributed by atoms with Crippen molar-refractivity contribution >= 4 is 11.6 Å². The van der Waals surface area contributed by atoms with E-state index in [0.717, 1.165) is 51.0 Å². The lowest BCUT2D eigenvalue weighted by Gasteiger charge is -2.39. The van der Waals surface area contributed by atoms with Gasteiger partial charge in [-0.05, 0) is 18.3 Å². The normalized spacial score (nSPS) is 22.9. The number of piperidine rings is 1. The number of hydrogen-bond donors (Lipinski definition) is 0. The van der Waals surface area contributed by atoms with Crippen LogP contribution >= 0.6 is 0 Å². The highest BCUT2D eigenvalue weighted by Crippen LogP contribution is 2.31. The van der Waals surface area contributed by atoms with Crippen molar-refractivity contribution in [3.63, 3.8) is 0 Å². The molecule has 2 fully saturated rings. The van der Waals surface area contributed by atoms with E-state index in [0.29, 0.717) is 5.41 Å². The maximum absolute atomic E-state index is 5.40. The number of rotatable bonds is 2. The van der Waals surface area contributed by atoms with Gasteiger partial charge in [-0.15, -0.1) is 0 Å². The van der Waals surface area contributed by atoms with Gasteiger partial charge in [0.1, 0.15) is 18.0 Å². The van der Waals surface area contributed by atoms with Crippen molar-refractivity contribution in [1.29, 1.82) is 0 Å². The SMILES string of the molecule is CC1(C)CCCN(c2cc(N3CCOCC3)ncn2)C1. The summed E-state index contributed by atoms with van der Waals surface area (Å²) in [6, 6.07) is 2.13. The fraction of sp³-hybridized carbons (Fsp3) is 0.733. The quantitative estimate of drug-likeness (QED) is 0.825. The highest BCUT2D eigenvalue weighted by atomic mass is 16.5. The number of aromatic nitrogens is 2. The molecule has 0 bridgehead atoms. The standard InChI is InChI=1S/C15H24N4O/c1-15(2)4-3-5-19(11-15)14-10-13(16-12-17-14)18-6-8-20-9-7-18/h10,12H,3-9,11H2,1-2H3. The van der Waals surface area contributed by atoms with Gasteiger partial charge in [-0.2, -0.15) is 0 Å². The molecule has 0 unspecified atom stereocenters. The summed E-state index contributed by atoms with van der Waals surface area (Å²) in [5, 5.41) is 0. The molecule has 1 aromatic heterocycles. The topological polar surface area (TPSA) is 41.5 Å². The van der Waals surface area contributed by atoms with Gasteiger partial charge >= 0.3 is 0 Å². The molecule has 0 N–H and O–H groups in total. The van der Waals surface area contributed by atoms with Crippen molar-refractivity contribution in [3.8, 4) is 0 Å². The van der Waals surface area contributed by atoms with E-state index in [4.69, 9.17) is 4.74 Å². The van der Waals surface area contributed by atoms with E-state index < -0.39 is 0 Å². The molecule has 2 aliphatic heterocycles. The minimum atomic E-state index is 0.377. The van der Waals surface area contributed by atoms with Crippen molar-refractivity contribution < 1.29 is 4.74 Å². The summed E-state index contributed by atoms with van der Waals surface area (Å²) in [5.41, 5.74) is 0.377. The summed E-state index contributed by atoms with van der Waals surface area (Å²) < 4.78 is 5.40. The molecule has 2 saturated heterocycles. The van der Waals surface area contributed by atoms with Crippen molar-refractivity contribution in [1.82, 2.24) is 9.97 Å². The first-order chi connectivity index (χ1) is 9.64. The maximum atomic E-state index is 5.40. The molecule has 0 amide bonds. The number of nitrogens with zero attached hydrogens (tertiary/aromatic N) is 4. The summed E-state index contributed by atoms with van der Waals surface area (Å²) in [6.07, 6.45) is 4.23. The van der Waals surface area contributed by atoms with Gasteiger partial charge in [-0.25, -0.2) is 9.97 Å². The van der Waals surface area contributed by atoms with E-state index in [1.54, 1.807) is 6.33 Å². The second-order valence-corrected chi connectivity index (χ2v) is 6.52. The molecule has 0 aromatic carbocycles. The van der Waals surface area contributed by atoms with Crippen LogP contribution in [0.5, 0.6) is 0 Å². The minimum Gasteiger partial charge on any atom is -0.378 e. The molecular weight excluding hydrogens is 252 g/mol. The fourth-order valence-electron chi connectivity index (χ4n) is 3.09. The third-order valence-corrected chi connectivity index (χ3v) is 4.20. The molecule has 0 aliphatic carbocycles. The van der Waals surface area contributed by atoms with E-state index in [1.165, 1.54) is 12.8 Å². The molecule has 0 atom stereocenters. The lowest BCUT2D eigenvalue weighted by Crippen LogP contribution is -2.41. The zero-order valence-electron chi connectivity index (χ0n) is 12.5. The van der Waals surface area contributed by atoms with E-state index in [2.05, 4.69) is 39.7 Å². The van der Waals surface area contributed by atoms with E-state index >= 15 is 0 Å². The Kier molecular flexibility index (Phi) is 3.78. The molecule has 110 valence electrons. The summed E-state index contributed by atoms with van der Waals surface area (Å²) in [6.45, 7) is 10.3. The van der Waals surface area contributed by atoms with Crippen LogP contribution in [-0.4, -0.2) is 49.4 Å². The van der Waals surface area contributed by atoms with Crippen LogP contribution in [0.25, 0.3) is 0 Å². The van der Waals surface area contributed by atoms with E-state index in [9.17, 15) is 0 Å². The van der Waals surface area contributed by atoms with Crippen molar-refractivity contribution in [2.75, 3.05) is 49.2 Å². The average Bonchev–Trinajstić information content (AvgIpc) is 2.47. The first-order valence-electron chi connectivity index (χ1n) is 7.54. The first kappa shape index (κ1) is 13.6. The zero-order valence-corrected chi connectivity index (χ0v) is 12.5. The van der Waals surface area contributed by atoms with Crippen LogP contribution in [0.1, 0.15) is 26.7 Å². The van der Waals surface area contributed by atoms with Gasteiger partial charge in [0.2, 0.25) is 0 Å². The van der Waals surface area contributed by atoms with Gasteiger partial charge in [-0.1, -0.05) is 13.8 Å². The number of ether oxygens (including phenoxy) is 1. The summed E-state index contributed by atoms with van der Waals surface area (Å²) in [7, 11) is 0. The predicted molar refractivity (Wildman–Crippen MR) is 80.3 cm³/mol. The Labute approximate surface area is 121 Å². The first-order valence-corrected chi connectivity index (χ1v) is 7.54. The van der Waals surface area contributed by atoms with Crippen molar-refractivity contribution in [2.24, 2.45) is 5.41 Å². The summed E-state index contributed by atoms with van der Waals surface area (Å²) >= 11 is 0. The van der Waals surface area contributed by atoms with E-state index in [-0.39, 0.29) is 0 Å². The lowest BCUT2D eigenvalue weighted by molar-refractivity contribution is 0.122. The third-order valence-electron chi connectivity index (χ3n) is 4.20. The van der Waals surface area contributed by atoms with E-state index in [1.807, 2.05) is 0 Å². The van der Waals surface area contributed by atoms with Gasteiger partial charge < -0.3 is 14.5 Å². The van der Waals surface area contributed by atoms with Crippen LogP contribution in [0.3, 0.4) is 0 Å². The van der Waals surface area contributed by atoms with Gasteiger partial charge in [0.25, 0.3) is 0 Å². The van der Waals surface area contributed by atoms with Gasteiger partial charge in [0.15, 0.2) is 0 Å². The Balaban J connectivity index is 1.76. The molecule has 3 heterocycles. The summed E-state index contributed by atoms with van der Waals surface area (Å²) in [4.78, 5) is 13.6. The molecule has 0 spiro atoms. The Morgan fingerprint density at radius 2 is 1.75 bits per heavy atom. The van der Waals surface area contributed by atoms with Crippen LogP contribution in [-0.2, 0) is 4.74 Å². The van der Waals surface area contributed by atoms with Crippen LogP contribution in [0.4, 0.5) is 11.6 Å². The largest absolute Gasteiger partial charge is 0.378 e. The van der Waals surface area contributed by atoms with Gasteiger partial charge in [0, 0.05) is 32.2 Å². The molecule has 2 aliphatic rings. The Morgan fingerprint density at radius 3 is 2.45 bits per heavy atom. The smallest absolute Gasteiger partial charge is 0.134 e. The summed E-state index contributed by atoms with van der Waals surface area (Å²) in [5.74, 6) is 2.09. The molecule has 5 heteroatoms. The minimum absolute atomic E-state index is 0.377. The Bertz CT molecular complexity index is 457. The molecule has 1 aromatic rings. The fourth-order valence-corrected chi connectivity index (χ4v) is 3.09. The second-order valence-electron chi connectivity index (χ2n) is 6.52. The molecule has 20 heavy (non-hydrogen) atoms. The lowest BCUT2D eigenvalue weighted by atomic mass is 9.84. The van der Waals surface area contributed by atoms with Crippen molar-refractivity contribution in [3.05, 3.63) is 12.4 Å². The number of anilines is 2. The van der Waals surface area contributed by atoms with Crippen LogP contribution in [0.15, 0.2) is 12.4 Å². The van der Waals surface area contributed by atoms with Gasteiger partial charge in [-0.3, -0.25) is 0 Å². The van der Waals surface area contributed by atoms with Crippen LogP contribution in [0.2, 0.25) is 0 Å². The highest BCUT2D eigenvalue weighted by Gasteiger charge is 2.27. The maximum Gasteiger partial charge on any atom is 0.134 e. The molecule has 0 radical (unpaired) electrons. The third kappa shape index (κ3) is 3.03. The number of morpholine rings is 1. The molecular formula is C15H24N4O. The highest BCUT2D eigenvalue weighted by molar-refractivity contribution is 5.50. The number of hydrogen-bond acceptors (Lipinski definition) is 5. The van der Waals surface area contributed by atoms with Crippen LogP contribution < -0.4 is 9.80 Å². The zero-order chi connectivity index (χ0) is 14.0. The van der Waals surface area contributed by atoms with Crippen LogP contribution in [0, 0.1) is 5.41 Å². The molecule has 5 nitrogen and oxygen atoms in total. The van der Waals surface area contributed by atoms with Crippen molar-refractivity contribution in [2.45, 2.75) is 26.7 Å². The Morgan fingerprint density at radius 1 is 1.05 bits per heavy atom.